The number of carbonyl (C=O) groups is 1. The average molecular weight is 243 g/mol. The van der Waals surface area contributed by atoms with Crippen LogP contribution in [0.3, 0.4) is 0 Å². The Labute approximate surface area is 100 Å². The number of methoxy groups -OCH3 is 2. The molecule has 3 nitrogen and oxygen atoms in total. The fourth-order valence-electron chi connectivity index (χ4n) is 1.45. The van der Waals surface area contributed by atoms with E-state index in [0.717, 1.165) is 11.3 Å². The molecule has 1 aromatic carbocycles. The van der Waals surface area contributed by atoms with Crippen molar-refractivity contribution in [2.45, 2.75) is 6.42 Å². The summed E-state index contributed by atoms with van der Waals surface area (Å²) in [5.74, 6) is 0.504. The third kappa shape index (κ3) is 3.83. The van der Waals surface area contributed by atoms with E-state index in [2.05, 4.69) is 0 Å². The SMILES string of the molecule is COCC(Cc1ccc(OC)cc1)C(=O)Cl. The van der Waals surface area contributed by atoms with Crippen LogP contribution in [-0.2, 0) is 16.0 Å². The molecule has 0 heterocycles. The van der Waals surface area contributed by atoms with Gasteiger partial charge in [-0.05, 0) is 35.7 Å². The lowest BCUT2D eigenvalue weighted by Gasteiger charge is -2.11. The molecule has 1 atom stereocenters. The van der Waals surface area contributed by atoms with Crippen molar-refractivity contribution in [3.8, 4) is 5.75 Å². The van der Waals surface area contributed by atoms with Crippen LogP contribution in [0, 0.1) is 5.92 Å². The Morgan fingerprint density at radius 3 is 2.38 bits per heavy atom. The maximum atomic E-state index is 11.1. The first-order valence-corrected chi connectivity index (χ1v) is 5.36. The normalized spacial score (nSPS) is 12.2. The number of hydrogen-bond acceptors (Lipinski definition) is 3. The maximum absolute atomic E-state index is 11.1. The average Bonchev–Trinajstić information content (AvgIpc) is 2.29. The molecule has 0 aliphatic rings. The highest BCUT2D eigenvalue weighted by Gasteiger charge is 2.16. The number of hydrogen-bond donors (Lipinski definition) is 0. The first-order valence-electron chi connectivity index (χ1n) is 4.98. The van der Waals surface area contributed by atoms with Gasteiger partial charge < -0.3 is 9.47 Å². The van der Waals surface area contributed by atoms with Crippen LogP contribution in [0.25, 0.3) is 0 Å². The van der Waals surface area contributed by atoms with Crippen molar-refractivity contribution in [1.82, 2.24) is 0 Å². The molecule has 0 amide bonds. The molecule has 0 fully saturated rings. The van der Waals surface area contributed by atoms with Gasteiger partial charge in [0.1, 0.15) is 5.75 Å². The number of ether oxygens (including phenoxy) is 2. The van der Waals surface area contributed by atoms with E-state index in [9.17, 15) is 4.79 Å². The largest absolute Gasteiger partial charge is 0.497 e. The lowest BCUT2D eigenvalue weighted by atomic mass is 10.0. The van der Waals surface area contributed by atoms with Gasteiger partial charge in [-0.15, -0.1) is 0 Å². The summed E-state index contributed by atoms with van der Waals surface area (Å²) in [4.78, 5) is 11.1. The van der Waals surface area contributed by atoms with Gasteiger partial charge in [0.25, 0.3) is 0 Å². The van der Waals surface area contributed by atoms with E-state index < -0.39 is 0 Å². The number of carbonyl (C=O) groups excluding carboxylic acids is 1. The maximum Gasteiger partial charge on any atom is 0.227 e. The van der Waals surface area contributed by atoms with Crippen LogP contribution >= 0.6 is 11.6 Å². The molecule has 0 saturated carbocycles. The van der Waals surface area contributed by atoms with Crippen LogP contribution in [0.1, 0.15) is 5.56 Å². The van der Waals surface area contributed by atoms with Gasteiger partial charge in [-0.25, -0.2) is 0 Å². The second-order valence-corrected chi connectivity index (χ2v) is 3.88. The molecule has 0 N–H and O–H groups in total. The Morgan fingerprint density at radius 2 is 1.94 bits per heavy atom. The molecular formula is C12H15ClO3. The highest BCUT2D eigenvalue weighted by Crippen LogP contribution is 2.16. The Kier molecular flexibility index (Phi) is 5.29. The predicted molar refractivity (Wildman–Crippen MR) is 62.9 cm³/mol. The molecule has 1 aromatic rings. The van der Waals surface area contributed by atoms with E-state index in [4.69, 9.17) is 21.1 Å². The van der Waals surface area contributed by atoms with Gasteiger partial charge >= 0.3 is 0 Å². The van der Waals surface area contributed by atoms with Crippen LogP contribution in [0.2, 0.25) is 0 Å². The second kappa shape index (κ2) is 6.51. The summed E-state index contributed by atoms with van der Waals surface area (Å²) in [7, 11) is 3.17. The monoisotopic (exact) mass is 242 g/mol. The minimum atomic E-state index is -0.363. The molecule has 88 valence electrons. The standard InChI is InChI=1S/C12H15ClO3/c1-15-8-10(12(13)14)7-9-3-5-11(16-2)6-4-9/h3-6,10H,7-8H2,1-2H3. The zero-order valence-electron chi connectivity index (χ0n) is 9.40. The molecule has 0 radical (unpaired) electrons. The minimum Gasteiger partial charge on any atom is -0.497 e. The lowest BCUT2D eigenvalue weighted by molar-refractivity contribution is -0.116. The predicted octanol–water partition coefficient (Wildman–Crippen LogP) is 2.27. The summed E-state index contributed by atoms with van der Waals surface area (Å²) in [6, 6.07) is 7.55. The van der Waals surface area contributed by atoms with Crippen LogP contribution in [0.5, 0.6) is 5.75 Å². The van der Waals surface area contributed by atoms with Gasteiger partial charge in [0.05, 0.1) is 19.6 Å². The molecule has 1 unspecified atom stereocenters. The van der Waals surface area contributed by atoms with Gasteiger partial charge in [0.2, 0.25) is 5.24 Å². The molecule has 0 aromatic heterocycles. The zero-order valence-corrected chi connectivity index (χ0v) is 10.2. The summed E-state index contributed by atoms with van der Waals surface area (Å²) in [6.07, 6.45) is 0.583. The minimum absolute atomic E-state index is 0.292. The van der Waals surface area contributed by atoms with E-state index in [0.29, 0.717) is 13.0 Å². The van der Waals surface area contributed by atoms with E-state index in [1.54, 1.807) is 14.2 Å². The Morgan fingerprint density at radius 1 is 1.31 bits per heavy atom. The summed E-state index contributed by atoms with van der Waals surface area (Å²) in [6.45, 7) is 0.342. The van der Waals surface area contributed by atoms with Crippen LogP contribution < -0.4 is 4.74 Å². The Hall–Kier alpha value is -1.06. The van der Waals surface area contributed by atoms with Crippen molar-refractivity contribution in [2.75, 3.05) is 20.8 Å². The van der Waals surface area contributed by atoms with E-state index in [1.807, 2.05) is 24.3 Å². The fraction of sp³-hybridized carbons (Fsp3) is 0.417. The summed E-state index contributed by atoms with van der Waals surface area (Å²) in [5.41, 5.74) is 1.04. The van der Waals surface area contributed by atoms with Gasteiger partial charge in [0, 0.05) is 7.11 Å². The fourth-order valence-corrected chi connectivity index (χ4v) is 1.59. The molecule has 16 heavy (non-hydrogen) atoms. The summed E-state index contributed by atoms with van der Waals surface area (Å²) >= 11 is 5.49. The quantitative estimate of drug-likeness (QED) is 0.718. The van der Waals surface area contributed by atoms with E-state index in [-0.39, 0.29) is 11.2 Å². The number of halogens is 1. The highest BCUT2D eigenvalue weighted by atomic mass is 35.5. The smallest absolute Gasteiger partial charge is 0.227 e. The van der Waals surface area contributed by atoms with Gasteiger partial charge in [0.15, 0.2) is 0 Å². The molecule has 0 saturated heterocycles. The third-order valence-corrected chi connectivity index (χ3v) is 2.64. The Bertz CT molecular complexity index is 335. The van der Waals surface area contributed by atoms with Crippen molar-refractivity contribution in [2.24, 2.45) is 5.92 Å². The van der Waals surface area contributed by atoms with Crippen LogP contribution in [0.15, 0.2) is 24.3 Å². The van der Waals surface area contributed by atoms with E-state index in [1.165, 1.54) is 0 Å². The topological polar surface area (TPSA) is 35.5 Å². The van der Waals surface area contributed by atoms with Crippen molar-refractivity contribution in [1.29, 1.82) is 0 Å². The first-order chi connectivity index (χ1) is 7.67. The molecule has 0 aliphatic heterocycles. The number of benzene rings is 1. The molecular weight excluding hydrogens is 228 g/mol. The summed E-state index contributed by atoms with van der Waals surface area (Å²) < 4.78 is 10.0. The van der Waals surface area contributed by atoms with Gasteiger partial charge in [-0.1, -0.05) is 12.1 Å². The van der Waals surface area contributed by atoms with Gasteiger partial charge in [-0.3, -0.25) is 4.79 Å². The highest BCUT2D eigenvalue weighted by molar-refractivity contribution is 6.64. The van der Waals surface area contributed by atoms with E-state index >= 15 is 0 Å². The number of rotatable bonds is 6. The second-order valence-electron chi connectivity index (χ2n) is 3.51. The van der Waals surface area contributed by atoms with Crippen molar-refractivity contribution < 1.29 is 14.3 Å². The van der Waals surface area contributed by atoms with Crippen molar-refractivity contribution >= 4 is 16.8 Å². The first kappa shape index (κ1) is 13.0. The van der Waals surface area contributed by atoms with Crippen molar-refractivity contribution in [3.63, 3.8) is 0 Å². The molecule has 0 spiro atoms. The molecule has 4 heteroatoms. The van der Waals surface area contributed by atoms with Crippen molar-refractivity contribution in [3.05, 3.63) is 29.8 Å². The van der Waals surface area contributed by atoms with Crippen LogP contribution in [0.4, 0.5) is 0 Å². The summed E-state index contributed by atoms with van der Waals surface area (Å²) in [5, 5.41) is -0.363. The van der Waals surface area contributed by atoms with Crippen LogP contribution in [-0.4, -0.2) is 26.1 Å². The molecule has 0 aliphatic carbocycles. The third-order valence-electron chi connectivity index (χ3n) is 2.33. The van der Waals surface area contributed by atoms with Gasteiger partial charge in [-0.2, -0.15) is 0 Å². The Balaban J connectivity index is 2.65. The molecule has 1 rings (SSSR count). The lowest BCUT2D eigenvalue weighted by Crippen LogP contribution is -2.17. The molecule has 0 bridgehead atoms. The zero-order chi connectivity index (χ0) is 12.0.